The van der Waals surface area contributed by atoms with Crippen molar-refractivity contribution in [3.8, 4) is 0 Å². The van der Waals surface area contributed by atoms with Gasteiger partial charge in [-0.2, -0.15) is 0 Å². The second-order valence-electron chi connectivity index (χ2n) is 13.7. The molecule has 1 aromatic carbocycles. The maximum absolute atomic E-state index is 8.95. The molecule has 1 N–H and O–H groups in total. The third-order valence-electron chi connectivity index (χ3n) is 9.22. The second kappa shape index (κ2) is 31.0. The SMILES string of the molecule is CCCC[N+](CCCC)(CCCC)CCCC.CCCC[N+](CCCC)(CCCC)CCCC.O=S(=O)([O-])[O-].On1nnc2ccccc21. The molecular formula is C38H77N5O5S. The molecule has 0 atom stereocenters. The van der Waals surface area contributed by atoms with Gasteiger partial charge in [0.05, 0.1) is 52.4 Å². The normalized spacial score (nSPS) is 11.6. The van der Waals surface area contributed by atoms with Crippen LogP contribution < -0.4 is 0 Å². The third-order valence-corrected chi connectivity index (χ3v) is 9.22. The topological polar surface area (TPSA) is 131 Å². The summed E-state index contributed by atoms with van der Waals surface area (Å²) in [5, 5.41) is 16.1. The van der Waals surface area contributed by atoms with E-state index in [2.05, 4.69) is 65.7 Å². The molecule has 2 aromatic rings. The number of fused-ring (bicyclic) bond motifs is 1. The van der Waals surface area contributed by atoms with E-state index in [4.69, 9.17) is 22.7 Å². The number of hydrogen-bond acceptors (Lipinski definition) is 7. The fourth-order valence-electron chi connectivity index (χ4n) is 6.15. The highest BCUT2D eigenvalue weighted by atomic mass is 32.3. The third kappa shape index (κ3) is 26.7. The largest absolute Gasteiger partial charge is 0.759 e. The molecule has 0 aliphatic rings. The summed E-state index contributed by atoms with van der Waals surface area (Å²) in [4.78, 5) is 0.759. The van der Waals surface area contributed by atoms with E-state index >= 15 is 0 Å². The summed E-state index contributed by atoms with van der Waals surface area (Å²) >= 11 is 0. The summed E-state index contributed by atoms with van der Waals surface area (Å²) in [6, 6.07) is 7.19. The van der Waals surface area contributed by atoms with E-state index in [1.807, 2.05) is 12.1 Å². The van der Waals surface area contributed by atoms with Gasteiger partial charge in [0.15, 0.2) is 0 Å². The Balaban J connectivity index is 0. The molecule has 0 bridgehead atoms. The molecular weight excluding hydrogens is 639 g/mol. The fraction of sp³-hybridized carbons (Fsp3) is 0.842. The number of aromatic nitrogens is 3. The molecule has 0 aliphatic heterocycles. The highest BCUT2D eigenvalue weighted by Gasteiger charge is 2.25. The standard InChI is InChI=1S/2C16H36N.C6H5N3O.H2O4S/c2*1-5-9-13-17(14-10-6-2,15-11-7-3)16-12-8-4;10-9-6-4-2-1-3-5(6)7-8-9;1-5(2,3)4/h2*5-16H2,1-4H3;1-4,10H;(H2,1,2,3,4)/q2*+1;;/p-2. The lowest BCUT2D eigenvalue weighted by Crippen LogP contribution is -2.50. The minimum absolute atomic E-state index is 0.627. The van der Waals surface area contributed by atoms with E-state index in [9.17, 15) is 0 Å². The maximum Gasteiger partial charge on any atom is 0.130 e. The average Bonchev–Trinajstić information content (AvgIpc) is 3.47. The monoisotopic (exact) mass is 716 g/mol. The van der Waals surface area contributed by atoms with Gasteiger partial charge in [0, 0.05) is 10.4 Å². The molecule has 2 rings (SSSR count). The Labute approximate surface area is 302 Å². The van der Waals surface area contributed by atoms with Crippen LogP contribution in [-0.2, 0) is 10.4 Å². The minimum Gasteiger partial charge on any atom is -0.759 e. The summed E-state index contributed by atoms with van der Waals surface area (Å²) in [5.41, 5.74) is 1.33. The van der Waals surface area contributed by atoms with Crippen molar-refractivity contribution in [2.45, 2.75) is 158 Å². The summed E-state index contributed by atoms with van der Waals surface area (Å²) < 4.78 is 36.9. The van der Waals surface area contributed by atoms with Crippen molar-refractivity contribution in [1.82, 2.24) is 15.2 Å². The van der Waals surface area contributed by atoms with Crippen molar-refractivity contribution in [2.75, 3.05) is 52.4 Å². The molecule has 10 nitrogen and oxygen atoms in total. The summed E-state index contributed by atoms with van der Waals surface area (Å²) in [5.74, 6) is 0. The fourth-order valence-corrected chi connectivity index (χ4v) is 6.15. The molecule has 0 saturated heterocycles. The van der Waals surface area contributed by atoms with Crippen LogP contribution in [-0.4, -0.2) is 99.2 Å². The first-order valence-corrected chi connectivity index (χ1v) is 21.1. The van der Waals surface area contributed by atoms with Gasteiger partial charge in [-0.05, 0) is 68.7 Å². The number of nitrogens with zero attached hydrogens (tertiary/aromatic N) is 5. The first-order valence-electron chi connectivity index (χ1n) is 19.7. The summed E-state index contributed by atoms with van der Waals surface area (Å²) in [6.45, 7) is 30.0. The van der Waals surface area contributed by atoms with Crippen LogP contribution in [0.4, 0.5) is 0 Å². The zero-order valence-corrected chi connectivity index (χ0v) is 33.8. The highest BCUT2D eigenvalue weighted by molar-refractivity contribution is 7.79. The molecule has 49 heavy (non-hydrogen) atoms. The molecule has 0 unspecified atom stereocenters. The summed E-state index contributed by atoms with van der Waals surface area (Å²) in [6.07, 6.45) is 22.1. The molecule has 1 heterocycles. The first-order chi connectivity index (χ1) is 23.4. The Morgan fingerprint density at radius 3 is 1.02 bits per heavy atom. The van der Waals surface area contributed by atoms with E-state index in [1.54, 1.807) is 12.1 Å². The molecule has 0 spiro atoms. The molecule has 0 fully saturated rings. The van der Waals surface area contributed by atoms with Crippen molar-refractivity contribution in [2.24, 2.45) is 0 Å². The van der Waals surface area contributed by atoms with E-state index in [1.165, 1.54) is 164 Å². The molecule has 1 aromatic heterocycles. The van der Waals surface area contributed by atoms with Gasteiger partial charge in [-0.3, -0.25) is 8.42 Å². The van der Waals surface area contributed by atoms with Crippen molar-refractivity contribution < 1.29 is 31.7 Å². The van der Waals surface area contributed by atoms with Crippen LogP contribution in [0.3, 0.4) is 0 Å². The number of hydrogen-bond donors (Lipinski definition) is 1. The van der Waals surface area contributed by atoms with E-state index in [-0.39, 0.29) is 0 Å². The Hall–Kier alpha value is -1.79. The predicted octanol–water partition coefficient (Wildman–Crippen LogP) is 9.34. The van der Waals surface area contributed by atoms with E-state index < -0.39 is 10.4 Å². The van der Waals surface area contributed by atoms with Crippen LogP contribution in [0.15, 0.2) is 24.3 Å². The predicted molar refractivity (Wildman–Crippen MR) is 204 cm³/mol. The molecule has 0 radical (unpaired) electrons. The van der Waals surface area contributed by atoms with Gasteiger partial charge in [-0.15, -0.1) is 5.10 Å². The van der Waals surface area contributed by atoms with Crippen LogP contribution in [0.5, 0.6) is 0 Å². The van der Waals surface area contributed by atoms with E-state index in [0.717, 1.165) is 4.85 Å². The zero-order chi connectivity index (χ0) is 37.4. The van der Waals surface area contributed by atoms with Crippen LogP contribution in [0.1, 0.15) is 158 Å². The van der Waals surface area contributed by atoms with Crippen LogP contribution in [0.25, 0.3) is 11.0 Å². The Kier molecular flexibility index (Phi) is 31.2. The number of para-hydroxylation sites is 1. The maximum atomic E-state index is 8.95. The van der Waals surface area contributed by atoms with Crippen LogP contribution >= 0.6 is 0 Å². The van der Waals surface area contributed by atoms with Gasteiger partial charge in [0.2, 0.25) is 0 Å². The van der Waals surface area contributed by atoms with Gasteiger partial charge in [-0.1, -0.05) is 124 Å². The smallest absolute Gasteiger partial charge is 0.130 e. The lowest BCUT2D eigenvalue weighted by Gasteiger charge is -2.39. The van der Waals surface area contributed by atoms with Crippen molar-refractivity contribution in [3.05, 3.63) is 24.3 Å². The Morgan fingerprint density at radius 1 is 0.551 bits per heavy atom. The average molecular weight is 716 g/mol. The molecule has 290 valence electrons. The molecule has 0 saturated carbocycles. The number of benzene rings is 1. The Morgan fingerprint density at radius 2 is 0.796 bits per heavy atom. The first kappa shape index (κ1) is 49.3. The van der Waals surface area contributed by atoms with Gasteiger partial charge < -0.3 is 23.3 Å². The van der Waals surface area contributed by atoms with Crippen molar-refractivity contribution in [3.63, 3.8) is 0 Å². The van der Waals surface area contributed by atoms with Crippen LogP contribution in [0.2, 0.25) is 0 Å². The van der Waals surface area contributed by atoms with Gasteiger partial charge >= 0.3 is 0 Å². The van der Waals surface area contributed by atoms with Gasteiger partial charge in [-0.25, -0.2) is 0 Å². The van der Waals surface area contributed by atoms with E-state index in [0.29, 0.717) is 11.0 Å². The molecule has 0 amide bonds. The highest BCUT2D eigenvalue weighted by Crippen LogP contribution is 2.18. The number of rotatable bonds is 24. The summed E-state index contributed by atoms with van der Waals surface area (Å²) in [7, 11) is -5.17. The molecule has 11 heteroatoms. The Bertz CT molecular complexity index is 994. The quantitative estimate of drug-likeness (QED) is 0.0496. The van der Waals surface area contributed by atoms with Gasteiger partial charge in [0.25, 0.3) is 0 Å². The number of unbranched alkanes of at least 4 members (excludes halogenated alkanes) is 8. The van der Waals surface area contributed by atoms with Gasteiger partial charge in [0.1, 0.15) is 11.0 Å². The lowest BCUT2D eigenvalue weighted by molar-refractivity contribution is -0.929. The zero-order valence-electron chi connectivity index (χ0n) is 33.0. The lowest BCUT2D eigenvalue weighted by atomic mass is 10.1. The van der Waals surface area contributed by atoms with Crippen LogP contribution in [0, 0.1) is 0 Å². The minimum atomic E-state index is -5.17. The number of quaternary nitrogens is 2. The van der Waals surface area contributed by atoms with Crippen molar-refractivity contribution in [1.29, 1.82) is 0 Å². The molecule has 0 aliphatic carbocycles. The second-order valence-corrected chi connectivity index (χ2v) is 14.5. The van der Waals surface area contributed by atoms with Crippen molar-refractivity contribution >= 4 is 21.4 Å².